The lowest BCUT2D eigenvalue weighted by Crippen LogP contribution is -1.97. The van der Waals surface area contributed by atoms with Crippen molar-refractivity contribution in [2.45, 2.75) is 13.5 Å². The second kappa shape index (κ2) is 4.63. The van der Waals surface area contributed by atoms with Gasteiger partial charge in [-0.3, -0.25) is 0 Å². The fraction of sp³-hybridized carbons (Fsp3) is 0.167. The minimum atomic E-state index is 0.272. The van der Waals surface area contributed by atoms with E-state index in [1.807, 2.05) is 24.3 Å². The maximum absolute atomic E-state index is 9.41. The predicted octanol–water partition coefficient (Wildman–Crippen LogP) is 2.62. The summed E-state index contributed by atoms with van der Waals surface area (Å²) >= 11 is 0. The van der Waals surface area contributed by atoms with Crippen molar-refractivity contribution in [2.75, 3.05) is 0 Å². The van der Waals surface area contributed by atoms with Crippen LogP contribution in [0.15, 0.2) is 42.7 Å². The van der Waals surface area contributed by atoms with E-state index >= 15 is 0 Å². The molecule has 0 saturated carbocycles. The highest BCUT2D eigenvalue weighted by atomic mass is 16.3. The molecule has 0 saturated heterocycles. The molecule has 0 spiro atoms. The maximum Gasteiger partial charge on any atom is 0.0969 e. The quantitative estimate of drug-likeness (QED) is 0.567. The van der Waals surface area contributed by atoms with Crippen LogP contribution in [0.2, 0.25) is 0 Å². The lowest BCUT2D eigenvalue weighted by molar-refractivity contribution is 0.417. The fourth-order valence-electron chi connectivity index (χ4n) is 1.34. The molecule has 0 unspecified atom stereocenters. The normalized spacial score (nSPS) is 12.1. The zero-order valence-corrected chi connectivity index (χ0v) is 8.33. The summed E-state index contributed by atoms with van der Waals surface area (Å²) in [5, 5.41) is 9.41. The van der Waals surface area contributed by atoms with Crippen molar-refractivity contribution < 1.29 is 5.11 Å². The molecule has 0 fully saturated rings. The highest BCUT2D eigenvalue weighted by Gasteiger charge is 2.01. The largest absolute Gasteiger partial charge is 0.512 e. The molecule has 2 heteroatoms. The van der Waals surface area contributed by atoms with Crippen LogP contribution in [0.4, 0.5) is 0 Å². The van der Waals surface area contributed by atoms with E-state index in [0.717, 1.165) is 16.7 Å². The summed E-state index contributed by atoms with van der Waals surface area (Å²) in [7, 11) is 0. The van der Waals surface area contributed by atoms with Gasteiger partial charge in [0.05, 0.1) is 5.76 Å². The standard InChI is InChI=1S/C12H15NO/c1-3-12(9(2)14)11-6-4-5-10(7-11)8-13/h3-7,14H,1,8,13H2,2H3/b12-9-. The Morgan fingerprint density at radius 1 is 1.57 bits per heavy atom. The Labute approximate surface area is 84.4 Å². The first-order chi connectivity index (χ1) is 6.69. The van der Waals surface area contributed by atoms with E-state index in [9.17, 15) is 5.11 Å². The summed E-state index contributed by atoms with van der Waals surface area (Å²) < 4.78 is 0. The number of aliphatic hydroxyl groups excluding tert-OH is 1. The van der Waals surface area contributed by atoms with Crippen LogP contribution in [0.25, 0.3) is 5.57 Å². The van der Waals surface area contributed by atoms with E-state index in [0.29, 0.717) is 6.54 Å². The number of benzene rings is 1. The van der Waals surface area contributed by atoms with E-state index in [-0.39, 0.29) is 5.76 Å². The van der Waals surface area contributed by atoms with Crippen LogP contribution in [0.3, 0.4) is 0 Å². The van der Waals surface area contributed by atoms with Crippen LogP contribution in [-0.4, -0.2) is 5.11 Å². The van der Waals surface area contributed by atoms with Gasteiger partial charge in [0.15, 0.2) is 0 Å². The first kappa shape index (κ1) is 10.5. The molecule has 0 atom stereocenters. The Balaban J connectivity index is 3.18. The van der Waals surface area contributed by atoms with Gasteiger partial charge >= 0.3 is 0 Å². The summed E-state index contributed by atoms with van der Waals surface area (Å²) in [6.45, 7) is 5.81. The highest BCUT2D eigenvalue weighted by Crippen LogP contribution is 2.19. The van der Waals surface area contributed by atoms with Gasteiger partial charge in [0, 0.05) is 12.1 Å². The van der Waals surface area contributed by atoms with Crippen molar-refractivity contribution in [3.8, 4) is 0 Å². The molecule has 0 aliphatic rings. The summed E-state index contributed by atoms with van der Waals surface area (Å²) in [6.07, 6.45) is 1.64. The topological polar surface area (TPSA) is 46.2 Å². The molecule has 2 nitrogen and oxygen atoms in total. The number of hydrogen-bond donors (Lipinski definition) is 2. The highest BCUT2D eigenvalue weighted by molar-refractivity contribution is 5.74. The number of allylic oxidation sites excluding steroid dienone is 3. The Morgan fingerprint density at radius 2 is 2.29 bits per heavy atom. The average molecular weight is 189 g/mol. The van der Waals surface area contributed by atoms with Gasteiger partial charge in [0.2, 0.25) is 0 Å². The van der Waals surface area contributed by atoms with E-state index in [4.69, 9.17) is 5.73 Å². The summed E-state index contributed by atoms with van der Waals surface area (Å²) in [4.78, 5) is 0. The van der Waals surface area contributed by atoms with E-state index < -0.39 is 0 Å². The maximum atomic E-state index is 9.41. The Kier molecular flexibility index (Phi) is 3.48. The smallest absolute Gasteiger partial charge is 0.0969 e. The van der Waals surface area contributed by atoms with Crippen LogP contribution in [0.1, 0.15) is 18.1 Å². The molecular formula is C12H15NO. The lowest BCUT2D eigenvalue weighted by Gasteiger charge is -2.05. The second-order valence-electron chi connectivity index (χ2n) is 3.11. The molecule has 0 amide bonds. The molecule has 74 valence electrons. The van der Waals surface area contributed by atoms with Crippen LogP contribution < -0.4 is 5.73 Å². The number of nitrogens with two attached hydrogens (primary N) is 1. The molecule has 1 rings (SSSR count). The van der Waals surface area contributed by atoms with Crippen LogP contribution in [0.5, 0.6) is 0 Å². The van der Waals surface area contributed by atoms with Gasteiger partial charge in [-0.05, 0) is 24.1 Å². The van der Waals surface area contributed by atoms with Crippen molar-refractivity contribution in [2.24, 2.45) is 5.73 Å². The van der Waals surface area contributed by atoms with Gasteiger partial charge in [-0.1, -0.05) is 30.9 Å². The predicted molar refractivity (Wildman–Crippen MR) is 59.8 cm³/mol. The minimum absolute atomic E-state index is 0.272. The summed E-state index contributed by atoms with van der Waals surface area (Å²) in [5.41, 5.74) is 8.27. The summed E-state index contributed by atoms with van der Waals surface area (Å²) in [6, 6.07) is 7.76. The summed E-state index contributed by atoms with van der Waals surface area (Å²) in [5.74, 6) is 0.272. The fourth-order valence-corrected chi connectivity index (χ4v) is 1.34. The van der Waals surface area contributed by atoms with E-state index in [2.05, 4.69) is 6.58 Å². The van der Waals surface area contributed by atoms with E-state index in [1.54, 1.807) is 13.0 Å². The Morgan fingerprint density at radius 3 is 2.79 bits per heavy atom. The zero-order chi connectivity index (χ0) is 10.6. The van der Waals surface area contributed by atoms with Crippen molar-refractivity contribution in [3.05, 3.63) is 53.8 Å². The molecular weight excluding hydrogens is 174 g/mol. The molecule has 0 bridgehead atoms. The molecule has 0 aliphatic heterocycles. The Hall–Kier alpha value is -1.54. The molecule has 14 heavy (non-hydrogen) atoms. The van der Waals surface area contributed by atoms with Gasteiger partial charge in [-0.15, -0.1) is 0 Å². The number of aliphatic hydroxyl groups is 1. The third kappa shape index (κ3) is 2.24. The number of rotatable bonds is 3. The molecule has 0 aromatic heterocycles. The van der Waals surface area contributed by atoms with Crippen molar-refractivity contribution in [1.29, 1.82) is 0 Å². The third-order valence-electron chi connectivity index (χ3n) is 2.07. The Bertz CT molecular complexity index is 362. The van der Waals surface area contributed by atoms with Gasteiger partial charge < -0.3 is 10.8 Å². The molecule has 0 heterocycles. The molecule has 1 aromatic rings. The first-order valence-corrected chi connectivity index (χ1v) is 4.50. The van der Waals surface area contributed by atoms with Gasteiger partial charge in [0.1, 0.15) is 0 Å². The van der Waals surface area contributed by atoms with E-state index in [1.165, 1.54) is 0 Å². The average Bonchev–Trinajstić information content (AvgIpc) is 2.19. The number of hydrogen-bond acceptors (Lipinski definition) is 2. The molecule has 0 radical (unpaired) electrons. The molecule has 0 aliphatic carbocycles. The van der Waals surface area contributed by atoms with Crippen LogP contribution in [-0.2, 0) is 6.54 Å². The van der Waals surface area contributed by atoms with Crippen molar-refractivity contribution >= 4 is 5.57 Å². The van der Waals surface area contributed by atoms with Crippen molar-refractivity contribution in [3.63, 3.8) is 0 Å². The van der Waals surface area contributed by atoms with Gasteiger partial charge in [0.25, 0.3) is 0 Å². The molecule has 1 aromatic carbocycles. The minimum Gasteiger partial charge on any atom is -0.512 e. The molecule has 3 N–H and O–H groups in total. The second-order valence-corrected chi connectivity index (χ2v) is 3.11. The zero-order valence-electron chi connectivity index (χ0n) is 8.33. The van der Waals surface area contributed by atoms with Crippen LogP contribution in [0, 0.1) is 0 Å². The lowest BCUT2D eigenvalue weighted by atomic mass is 10.0. The monoisotopic (exact) mass is 189 g/mol. The van der Waals surface area contributed by atoms with Gasteiger partial charge in [-0.2, -0.15) is 0 Å². The third-order valence-corrected chi connectivity index (χ3v) is 2.07. The SMILES string of the molecule is C=C/C(=C(\C)O)c1cccc(CN)c1. The first-order valence-electron chi connectivity index (χ1n) is 4.50. The van der Waals surface area contributed by atoms with Gasteiger partial charge in [-0.25, -0.2) is 0 Å². The van der Waals surface area contributed by atoms with Crippen molar-refractivity contribution in [1.82, 2.24) is 0 Å². The van der Waals surface area contributed by atoms with Crippen LogP contribution >= 0.6 is 0 Å².